The normalized spacial score (nSPS) is 12.5. The van der Waals surface area contributed by atoms with E-state index < -0.39 is 29.1 Å². The average Bonchev–Trinajstić information content (AvgIpc) is 3.24. The maximum atomic E-state index is 13.7. The summed E-state index contributed by atoms with van der Waals surface area (Å²) in [7, 11) is 1.24. The van der Waals surface area contributed by atoms with Crippen LogP contribution in [-0.4, -0.2) is 52.2 Å². The standard InChI is InChI=1S/C30H30N2O5/c1-7-18-30(27(34)36-6,32(19-8-2)26(33)22-14-10-9-11-15-22)20-23-21-31(28(35)37-29(3,4)5)25-17-13-12-16-24(23)25/h2,9-18,21H,1,19-20H2,3-6H3/t30-/m0/s1. The van der Waals surface area contributed by atoms with Crippen molar-refractivity contribution in [3.05, 3.63) is 90.3 Å². The third-order valence-electron chi connectivity index (χ3n) is 5.72. The van der Waals surface area contributed by atoms with E-state index in [1.54, 1.807) is 69.4 Å². The van der Waals surface area contributed by atoms with E-state index in [2.05, 4.69) is 18.2 Å². The number of carbonyl (C=O) groups excluding carboxylic acids is 3. The topological polar surface area (TPSA) is 77.8 Å². The number of methoxy groups -OCH3 is 1. The number of benzene rings is 2. The number of amides is 1. The van der Waals surface area contributed by atoms with Gasteiger partial charge in [0.2, 0.25) is 0 Å². The molecule has 0 aliphatic carbocycles. The molecular weight excluding hydrogens is 468 g/mol. The lowest BCUT2D eigenvalue weighted by atomic mass is 9.87. The van der Waals surface area contributed by atoms with Crippen molar-refractivity contribution < 1.29 is 23.9 Å². The van der Waals surface area contributed by atoms with Crippen molar-refractivity contribution in [3.8, 4) is 12.3 Å². The molecule has 2 aromatic carbocycles. The number of esters is 1. The smallest absolute Gasteiger partial charge is 0.419 e. The number of nitrogens with zero attached hydrogens (tertiary/aromatic N) is 2. The summed E-state index contributed by atoms with van der Waals surface area (Å²) in [6.07, 6.45) is 8.02. The van der Waals surface area contributed by atoms with E-state index in [9.17, 15) is 14.4 Å². The van der Waals surface area contributed by atoms with Crippen LogP contribution in [0.3, 0.4) is 0 Å². The van der Waals surface area contributed by atoms with Crippen LogP contribution >= 0.6 is 0 Å². The fourth-order valence-corrected chi connectivity index (χ4v) is 4.18. The Morgan fingerprint density at radius 1 is 1.08 bits per heavy atom. The predicted octanol–water partition coefficient (Wildman–Crippen LogP) is 5.00. The second-order valence-electron chi connectivity index (χ2n) is 9.42. The molecule has 0 fully saturated rings. The van der Waals surface area contributed by atoms with E-state index in [4.69, 9.17) is 15.9 Å². The zero-order valence-corrected chi connectivity index (χ0v) is 21.5. The fourth-order valence-electron chi connectivity index (χ4n) is 4.18. The van der Waals surface area contributed by atoms with Crippen molar-refractivity contribution in [3.63, 3.8) is 0 Å². The number of fused-ring (bicyclic) bond motifs is 1. The minimum atomic E-state index is -1.70. The Balaban J connectivity index is 2.23. The Hall–Kier alpha value is -4.53. The number of aromatic nitrogens is 1. The Morgan fingerprint density at radius 3 is 2.32 bits per heavy atom. The molecule has 3 aromatic rings. The van der Waals surface area contributed by atoms with Gasteiger partial charge in [0.05, 0.1) is 19.2 Å². The first kappa shape index (κ1) is 27.1. The van der Waals surface area contributed by atoms with Crippen molar-refractivity contribution in [1.82, 2.24) is 9.47 Å². The largest absolute Gasteiger partial charge is 0.467 e. The molecule has 1 heterocycles. The summed E-state index contributed by atoms with van der Waals surface area (Å²) in [5.74, 6) is 1.29. The lowest BCUT2D eigenvalue weighted by Gasteiger charge is -2.38. The molecule has 1 amide bonds. The summed E-state index contributed by atoms with van der Waals surface area (Å²) < 4.78 is 12.2. The summed E-state index contributed by atoms with van der Waals surface area (Å²) in [4.78, 5) is 41.4. The molecule has 0 bridgehead atoms. The summed E-state index contributed by atoms with van der Waals surface area (Å²) in [6.45, 7) is 8.81. The van der Waals surface area contributed by atoms with Crippen LogP contribution in [0.4, 0.5) is 4.79 Å². The van der Waals surface area contributed by atoms with E-state index in [1.165, 1.54) is 22.7 Å². The van der Waals surface area contributed by atoms with Gasteiger partial charge in [0.25, 0.3) is 5.91 Å². The maximum Gasteiger partial charge on any atom is 0.419 e. The van der Waals surface area contributed by atoms with Crippen LogP contribution in [0.25, 0.3) is 10.9 Å². The van der Waals surface area contributed by atoms with Gasteiger partial charge >= 0.3 is 12.1 Å². The van der Waals surface area contributed by atoms with Crippen LogP contribution in [0.1, 0.15) is 36.7 Å². The Bertz CT molecular complexity index is 1400. The van der Waals surface area contributed by atoms with Gasteiger partial charge in [-0.05, 0) is 50.6 Å². The van der Waals surface area contributed by atoms with E-state index in [0.29, 0.717) is 22.0 Å². The van der Waals surface area contributed by atoms with Gasteiger partial charge in [-0.2, -0.15) is 0 Å². The number of para-hydroxylation sites is 1. The number of hydrogen-bond donors (Lipinski definition) is 0. The Morgan fingerprint density at radius 2 is 1.73 bits per heavy atom. The van der Waals surface area contributed by atoms with Crippen molar-refractivity contribution in [2.24, 2.45) is 0 Å². The van der Waals surface area contributed by atoms with E-state index in [1.807, 2.05) is 12.1 Å². The molecule has 190 valence electrons. The molecule has 0 spiro atoms. The Kier molecular flexibility index (Phi) is 8.07. The van der Waals surface area contributed by atoms with Crippen molar-refractivity contribution in [2.45, 2.75) is 38.3 Å². The highest BCUT2D eigenvalue weighted by atomic mass is 16.6. The number of terminal acetylenes is 1. The highest BCUT2D eigenvalue weighted by molar-refractivity contribution is 6.00. The first-order valence-corrected chi connectivity index (χ1v) is 11.7. The SMILES string of the molecule is C#CCN(C(=O)c1ccccc1)[C@@](C=C=C)(Cc1cn(C(=O)OC(C)(C)C)c2ccccc12)C(=O)OC. The van der Waals surface area contributed by atoms with Crippen molar-refractivity contribution in [1.29, 1.82) is 0 Å². The molecule has 7 heteroatoms. The molecule has 0 aliphatic rings. The van der Waals surface area contributed by atoms with Crippen LogP contribution in [0.15, 0.2) is 79.2 Å². The van der Waals surface area contributed by atoms with E-state index >= 15 is 0 Å². The number of rotatable bonds is 7. The van der Waals surface area contributed by atoms with E-state index in [0.717, 1.165) is 0 Å². The number of hydrogen-bond acceptors (Lipinski definition) is 5. The van der Waals surface area contributed by atoms with Gasteiger partial charge in [0.15, 0.2) is 5.54 Å². The fraction of sp³-hybridized carbons (Fsp3) is 0.267. The van der Waals surface area contributed by atoms with Gasteiger partial charge in [-0.1, -0.05) is 48.9 Å². The molecule has 0 radical (unpaired) electrons. The number of carbonyl (C=O) groups is 3. The average molecular weight is 499 g/mol. The molecule has 0 unspecified atom stereocenters. The van der Waals surface area contributed by atoms with Gasteiger partial charge in [-0.15, -0.1) is 12.2 Å². The van der Waals surface area contributed by atoms with Gasteiger partial charge in [0, 0.05) is 23.6 Å². The van der Waals surface area contributed by atoms with Crippen molar-refractivity contribution >= 4 is 28.9 Å². The summed E-state index contributed by atoms with van der Waals surface area (Å²) in [5.41, 5.74) is 1.79. The summed E-state index contributed by atoms with van der Waals surface area (Å²) in [5, 5.41) is 0.701. The lowest BCUT2D eigenvalue weighted by molar-refractivity contribution is -0.150. The van der Waals surface area contributed by atoms with Gasteiger partial charge < -0.3 is 14.4 Å². The zero-order valence-electron chi connectivity index (χ0n) is 21.5. The highest BCUT2D eigenvalue weighted by Gasteiger charge is 2.46. The van der Waals surface area contributed by atoms with Crippen LogP contribution in [0.2, 0.25) is 0 Å². The second-order valence-corrected chi connectivity index (χ2v) is 9.42. The second kappa shape index (κ2) is 11.0. The van der Waals surface area contributed by atoms with Crippen LogP contribution in [0, 0.1) is 12.3 Å². The van der Waals surface area contributed by atoms with Crippen LogP contribution in [0.5, 0.6) is 0 Å². The van der Waals surface area contributed by atoms with Gasteiger partial charge in [0.1, 0.15) is 5.60 Å². The van der Waals surface area contributed by atoms with Crippen molar-refractivity contribution in [2.75, 3.05) is 13.7 Å². The molecule has 0 N–H and O–H groups in total. The minimum Gasteiger partial charge on any atom is -0.467 e. The molecule has 1 aromatic heterocycles. The predicted molar refractivity (Wildman–Crippen MR) is 142 cm³/mol. The van der Waals surface area contributed by atoms with Crippen LogP contribution in [-0.2, 0) is 20.7 Å². The molecular formula is C30H30N2O5. The molecule has 0 aliphatic heterocycles. The van der Waals surface area contributed by atoms with Crippen LogP contribution < -0.4 is 0 Å². The maximum absolute atomic E-state index is 13.7. The number of ether oxygens (including phenoxy) is 2. The van der Waals surface area contributed by atoms with Gasteiger partial charge in [-0.3, -0.25) is 9.36 Å². The molecule has 37 heavy (non-hydrogen) atoms. The lowest BCUT2D eigenvalue weighted by Crippen LogP contribution is -2.58. The third-order valence-corrected chi connectivity index (χ3v) is 5.72. The first-order chi connectivity index (χ1) is 17.6. The first-order valence-electron chi connectivity index (χ1n) is 11.7. The van der Waals surface area contributed by atoms with Gasteiger partial charge in [-0.25, -0.2) is 9.59 Å². The van der Waals surface area contributed by atoms with E-state index in [-0.39, 0.29) is 13.0 Å². The molecule has 0 saturated heterocycles. The third kappa shape index (κ3) is 5.66. The Labute approximate surface area is 217 Å². The minimum absolute atomic E-state index is 0.0568. The molecule has 7 nitrogen and oxygen atoms in total. The highest BCUT2D eigenvalue weighted by Crippen LogP contribution is 2.32. The monoisotopic (exact) mass is 498 g/mol. The molecule has 1 atom stereocenters. The summed E-state index contributed by atoms with van der Waals surface area (Å²) in [6, 6.07) is 15.7. The quantitative estimate of drug-likeness (QED) is 0.260. The zero-order chi connectivity index (χ0) is 27.2. The molecule has 0 saturated carbocycles. The summed E-state index contributed by atoms with van der Waals surface area (Å²) >= 11 is 0. The molecule has 3 rings (SSSR count).